The highest BCUT2D eigenvalue weighted by Gasteiger charge is 2.35. The Hall–Kier alpha value is -1.67. The van der Waals surface area contributed by atoms with Crippen LogP contribution in [0.4, 0.5) is 17.2 Å². The topological polar surface area (TPSA) is 78.0 Å². The first-order valence-corrected chi connectivity index (χ1v) is 6.85. The molecule has 3 N–H and O–H groups in total. The molecule has 1 aromatic rings. The lowest BCUT2D eigenvalue weighted by molar-refractivity contribution is 0.610. The van der Waals surface area contributed by atoms with E-state index in [1.54, 1.807) is 0 Å². The van der Waals surface area contributed by atoms with E-state index in [1.165, 1.54) is 0 Å². The van der Waals surface area contributed by atoms with E-state index in [2.05, 4.69) is 21.3 Å². The highest BCUT2D eigenvalue weighted by molar-refractivity contribution is 6.31. The van der Waals surface area contributed by atoms with Crippen molar-refractivity contribution in [3.8, 4) is 6.07 Å². The Labute approximate surface area is 117 Å². The number of hydrogen-bond acceptors (Lipinski definition) is 5. The lowest BCUT2D eigenvalue weighted by Crippen LogP contribution is -2.33. The van der Waals surface area contributed by atoms with Crippen LogP contribution in [-0.2, 0) is 0 Å². The Balaban J connectivity index is 1.93. The number of nitrogen functional groups attached to an aromatic ring is 1. The van der Waals surface area contributed by atoms with Crippen molar-refractivity contribution in [3.63, 3.8) is 0 Å². The van der Waals surface area contributed by atoms with Crippen molar-refractivity contribution in [2.45, 2.75) is 32.2 Å². The minimum absolute atomic E-state index is 0.160. The van der Waals surface area contributed by atoms with Crippen LogP contribution in [0.2, 0.25) is 5.15 Å². The van der Waals surface area contributed by atoms with E-state index in [9.17, 15) is 0 Å². The van der Waals surface area contributed by atoms with Gasteiger partial charge in [-0.3, -0.25) is 0 Å². The number of nitriles is 1. The molecule has 0 saturated heterocycles. The predicted molar refractivity (Wildman–Crippen MR) is 76.1 cm³/mol. The summed E-state index contributed by atoms with van der Waals surface area (Å²) in [5.41, 5.74) is 8.45. The molecule has 6 heteroatoms. The summed E-state index contributed by atoms with van der Waals surface area (Å²) in [6.07, 6.45) is 2.87. The minimum atomic E-state index is 0.160. The highest BCUT2D eigenvalue weighted by Crippen LogP contribution is 2.42. The molecular formula is C13H16ClN5. The molecule has 0 bridgehead atoms. The second-order valence-corrected chi connectivity index (χ2v) is 5.60. The van der Waals surface area contributed by atoms with Crippen molar-refractivity contribution in [1.82, 2.24) is 4.98 Å². The molecule has 0 spiro atoms. The molecule has 2 aliphatic rings. The molecule has 3 rings (SSSR count). The Morgan fingerprint density at radius 1 is 1.53 bits per heavy atom. The predicted octanol–water partition coefficient (Wildman–Crippen LogP) is 2.51. The first-order valence-electron chi connectivity index (χ1n) is 6.47. The van der Waals surface area contributed by atoms with Crippen LogP contribution < -0.4 is 16.0 Å². The van der Waals surface area contributed by atoms with Crippen molar-refractivity contribution in [2.75, 3.05) is 22.6 Å². The number of fused-ring (bicyclic) bond motifs is 1. The van der Waals surface area contributed by atoms with Crippen molar-refractivity contribution >= 4 is 28.8 Å². The van der Waals surface area contributed by atoms with Gasteiger partial charge in [0.05, 0.1) is 18.4 Å². The second kappa shape index (κ2) is 4.46. The normalized spacial score (nSPS) is 25.0. The van der Waals surface area contributed by atoms with Gasteiger partial charge in [-0.15, -0.1) is 0 Å². The number of pyridine rings is 1. The van der Waals surface area contributed by atoms with E-state index in [4.69, 9.17) is 22.6 Å². The third-order valence-corrected chi connectivity index (χ3v) is 4.50. The van der Waals surface area contributed by atoms with Gasteiger partial charge in [0.15, 0.2) is 5.82 Å². The zero-order chi connectivity index (χ0) is 13.6. The zero-order valence-corrected chi connectivity index (χ0v) is 11.5. The maximum Gasteiger partial charge on any atom is 0.157 e. The maximum absolute atomic E-state index is 9.01. The van der Waals surface area contributed by atoms with Crippen LogP contribution >= 0.6 is 11.6 Å². The van der Waals surface area contributed by atoms with Gasteiger partial charge in [0.2, 0.25) is 0 Å². The summed E-state index contributed by atoms with van der Waals surface area (Å²) in [4.78, 5) is 6.65. The fourth-order valence-electron chi connectivity index (χ4n) is 2.93. The Morgan fingerprint density at radius 2 is 2.32 bits per heavy atom. The Morgan fingerprint density at radius 3 is 3.00 bits per heavy atom. The average molecular weight is 278 g/mol. The largest absolute Gasteiger partial charge is 0.397 e. The van der Waals surface area contributed by atoms with E-state index in [-0.39, 0.29) is 5.92 Å². The quantitative estimate of drug-likeness (QED) is 0.771. The van der Waals surface area contributed by atoms with Gasteiger partial charge in [-0.2, -0.15) is 5.26 Å². The first kappa shape index (κ1) is 12.4. The molecule has 2 atom stereocenters. The van der Waals surface area contributed by atoms with E-state index in [0.717, 1.165) is 36.3 Å². The number of hydrogen-bond donors (Lipinski definition) is 2. The number of halogens is 1. The van der Waals surface area contributed by atoms with Gasteiger partial charge in [-0.1, -0.05) is 11.6 Å². The third kappa shape index (κ3) is 1.87. The number of anilines is 3. The zero-order valence-electron chi connectivity index (χ0n) is 10.8. The van der Waals surface area contributed by atoms with Crippen LogP contribution in [0.1, 0.15) is 24.8 Å². The van der Waals surface area contributed by atoms with Crippen molar-refractivity contribution in [2.24, 2.45) is 5.92 Å². The number of aromatic nitrogens is 1. The molecule has 1 fully saturated rings. The molecule has 0 radical (unpaired) electrons. The molecule has 100 valence electrons. The van der Waals surface area contributed by atoms with E-state index in [1.807, 2.05) is 6.92 Å². The van der Waals surface area contributed by atoms with Crippen molar-refractivity contribution in [3.05, 3.63) is 10.7 Å². The molecule has 1 saturated carbocycles. The first-order chi connectivity index (χ1) is 9.11. The molecule has 1 aliphatic carbocycles. The van der Waals surface area contributed by atoms with Gasteiger partial charge in [0.25, 0.3) is 0 Å². The van der Waals surface area contributed by atoms with Crippen LogP contribution in [0, 0.1) is 24.2 Å². The molecule has 2 unspecified atom stereocenters. The minimum Gasteiger partial charge on any atom is -0.397 e. The molecule has 5 nitrogen and oxygen atoms in total. The Bertz CT molecular complexity index is 565. The Kier molecular flexibility index (Phi) is 2.90. The summed E-state index contributed by atoms with van der Waals surface area (Å²) in [7, 11) is 0. The van der Waals surface area contributed by atoms with Crippen molar-refractivity contribution < 1.29 is 0 Å². The van der Waals surface area contributed by atoms with Crippen LogP contribution in [0.3, 0.4) is 0 Å². The maximum atomic E-state index is 9.01. The monoisotopic (exact) mass is 277 g/mol. The van der Waals surface area contributed by atoms with Crippen molar-refractivity contribution in [1.29, 1.82) is 5.26 Å². The van der Waals surface area contributed by atoms with Crippen LogP contribution in [0.25, 0.3) is 0 Å². The standard InChI is InChI=1S/C13H16ClN5/c1-7-10(16)11-13(18-12(7)14)19(6-17-11)9-3-2-8(4-9)5-15/h8-9,17H,2-4,6H2,1H3,(H2,16,18). The summed E-state index contributed by atoms with van der Waals surface area (Å²) >= 11 is 6.13. The second-order valence-electron chi connectivity index (χ2n) is 5.24. The van der Waals surface area contributed by atoms with Gasteiger partial charge < -0.3 is 16.0 Å². The summed E-state index contributed by atoms with van der Waals surface area (Å²) in [5, 5.41) is 12.8. The summed E-state index contributed by atoms with van der Waals surface area (Å²) in [6.45, 7) is 2.56. The number of nitrogens with zero attached hydrogens (tertiary/aromatic N) is 3. The number of nitrogens with one attached hydrogen (secondary N) is 1. The fourth-order valence-corrected chi connectivity index (χ4v) is 3.11. The molecule has 0 aromatic carbocycles. The average Bonchev–Trinajstić information content (AvgIpc) is 3.01. The lowest BCUT2D eigenvalue weighted by Gasteiger charge is -2.24. The SMILES string of the molecule is Cc1c(Cl)nc2c(c1N)NCN2C1CCC(C#N)C1. The molecule has 19 heavy (non-hydrogen) atoms. The van der Waals surface area contributed by atoms with E-state index in [0.29, 0.717) is 23.6 Å². The van der Waals surface area contributed by atoms with Crippen LogP contribution in [-0.4, -0.2) is 17.7 Å². The van der Waals surface area contributed by atoms with Gasteiger partial charge in [0, 0.05) is 17.5 Å². The number of nitrogens with two attached hydrogens (primary N) is 1. The highest BCUT2D eigenvalue weighted by atomic mass is 35.5. The van der Waals surface area contributed by atoms with Gasteiger partial charge in [0.1, 0.15) is 10.8 Å². The van der Waals surface area contributed by atoms with Gasteiger partial charge in [-0.05, 0) is 26.2 Å². The van der Waals surface area contributed by atoms with Gasteiger partial charge in [-0.25, -0.2) is 4.98 Å². The molecule has 0 amide bonds. The summed E-state index contributed by atoms with van der Waals surface area (Å²) in [5.74, 6) is 0.990. The lowest BCUT2D eigenvalue weighted by atomic mass is 10.1. The smallest absolute Gasteiger partial charge is 0.157 e. The summed E-state index contributed by atoms with van der Waals surface area (Å²) in [6, 6.07) is 2.71. The molecular weight excluding hydrogens is 262 g/mol. The molecule has 1 aromatic heterocycles. The fraction of sp³-hybridized carbons (Fsp3) is 0.538. The number of rotatable bonds is 1. The van der Waals surface area contributed by atoms with Crippen LogP contribution in [0.5, 0.6) is 0 Å². The molecule has 2 heterocycles. The summed E-state index contributed by atoms with van der Waals surface area (Å²) < 4.78 is 0. The van der Waals surface area contributed by atoms with E-state index >= 15 is 0 Å². The van der Waals surface area contributed by atoms with Crippen LogP contribution in [0.15, 0.2) is 0 Å². The van der Waals surface area contributed by atoms with E-state index < -0.39 is 0 Å². The molecule has 1 aliphatic heterocycles. The third-order valence-electron chi connectivity index (χ3n) is 4.14. The van der Waals surface area contributed by atoms with Gasteiger partial charge >= 0.3 is 0 Å².